The molecule has 0 unspecified atom stereocenters. The lowest BCUT2D eigenvalue weighted by molar-refractivity contribution is -0.122. The van der Waals surface area contributed by atoms with E-state index in [9.17, 15) is 13.2 Å². The number of carbonyl (C=O) groups is 1. The fourth-order valence-electron chi connectivity index (χ4n) is 1.93. The summed E-state index contributed by atoms with van der Waals surface area (Å²) in [6, 6.07) is 3.78. The molecule has 0 saturated carbocycles. The van der Waals surface area contributed by atoms with Crippen LogP contribution in [0.4, 0.5) is 0 Å². The first-order chi connectivity index (χ1) is 10.7. The van der Waals surface area contributed by atoms with Crippen molar-refractivity contribution in [2.45, 2.75) is 58.0 Å². The van der Waals surface area contributed by atoms with Gasteiger partial charge < -0.3 is 10.1 Å². The molecule has 2 N–H and O–H groups in total. The van der Waals surface area contributed by atoms with Crippen LogP contribution in [0.3, 0.4) is 0 Å². The lowest BCUT2D eigenvalue weighted by Crippen LogP contribution is -2.47. The highest BCUT2D eigenvalue weighted by Crippen LogP contribution is 2.21. The molecule has 1 aromatic rings. The van der Waals surface area contributed by atoms with Gasteiger partial charge in [0, 0.05) is 6.04 Å². The van der Waals surface area contributed by atoms with E-state index >= 15 is 0 Å². The number of nitrogens with one attached hydrogen (secondary N) is 2. The zero-order chi connectivity index (χ0) is 17.6. The number of rotatable bonds is 8. The molecule has 0 aliphatic carbocycles. The molecule has 130 valence electrons. The van der Waals surface area contributed by atoms with Crippen LogP contribution >= 0.6 is 0 Å². The van der Waals surface area contributed by atoms with Gasteiger partial charge in [0.25, 0.3) is 0 Å². The lowest BCUT2D eigenvalue weighted by Gasteiger charge is -2.18. The van der Waals surface area contributed by atoms with E-state index in [2.05, 4.69) is 10.0 Å². The van der Waals surface area contributed by atoms with Gasteiger partial charge in [0.2, 0.25) is 15.9 Å². The van der Waals surface area contributed by atoms with Gasteiger partial charge in [-0.1, -0.05) is 6.92 Å². The van der Waals surface area contributed by atoms with Gasteiger partial charge in [-0.05, 0) is 57.9 Å². The van der Waals surface area contributed by atoms with Crippen LogP contribution in [-0.4, -0.2) is 33.0 Å². The minimum Gasteiger partial charge on any atom is -0.494 e. The maximum Gasteiger partial charge on any atom is 0.241 e. The van der Waals surface area contributed by atoms with E-state index in [0.717, 1.165) is 12.0 Å². The minimum absolute atomic E-state index is 0.00201. The first-order valence-electron chi connectivity index (χ1n) is 7.77. The predicted molar refractivity (Wildman–Crippen MR) is 90.0 cm³/mol. The predicted octanol–water partition coefficient (Wildman–Crippen LogP) is 1.98. The van der Waals surface area contributed by atoms with Crippen molar-refractivity contribution >= 4 is 15.9 Å². The first kappa shape index (κ1) is 19.4. The van der Waals surface area contributed by atoms with Gasteiger partial charge in [-0.25, -0.2) is 8.42 Å². The van der Waals surface area contributed by atoms with E-state index in [0.29, 0.717) is 12.4 Å². The number of sulfonamides is 1. The Morgan fingerprint density at radius 1 is 1.26 bits per heavy atom. The van der Waals surface area contributed by atoms with Crippen LogP contribution < -0.4 is 14.8 Å². The van der Waals surface area contributed by atoms with Crippen molar-refractivity contribution in [3.8, 4) is 5.75 Å². The summed E-state index contributed by atoms with van der Waals surface area (Å²) in [5, 5.41) is 2.75. The molecule has 0 aliphatic rings. The highest BCUT2D eigenvalue weighted by atomic mass is 32.2. The summed E-state index contributed by atoms with van der Waals surface area (Å²) in [4.78, 5) is 12.1. The van der Waals surface area contributed by atoms with E-state index in [1.807, 2.05) is 20.8 Å². The fraction of sp³-hybridized carbons (Fsp3) is 0.562. The summed E-state index contributed by atoms with van der Waals surface area (Å²) in [6.45, 7) is 9.50. The standard InChI is InChI=1S/C16H26N2O4S/c1-6-12(4)17-16(19)13(5)18-23(20,21)14-8-9-15(22-7-2)11(3)10-14/h8-10,12-13,18H,6-7H2,1-5H3,(H,17,19)/t12-,13-/m0/s1. The smallest absolute Gasteiger partial charge is 0.241 e. The van der Waals surface area contributed by atoms with Crippen molar-refractivity contribution in [1.29, 1.82) is 0 Å². The molecule has 1 amide bonds. The normalized spacial score (nSPS) is 14.1. The Balaban J connectivity index is 2.86. The third-order valence-corrected chi connectivity index (χ3v) is 5.02. The SMILES string of the molecule is CCOc1ccc(S(=O)(=O)N[C@@H](C)C(=O)N[C@@H](C)CC)cc1C. The summed E-state index contributed by atoms with van der Waals surface area (Å²) in [6.07, 6.45) is 0.781. The van der Waals surface area contributed by atoms with Crippen molar-refractivity contribution in [2.75, 3.05) is 6.61 Å². The third kappa shape index (κ3) is 5.51. The Bertz CT molecular complexity index is 643. The molecule has 0 heterocycles. The van der Waals surface area contributed by atoms with Crippen LogP contribution in [0.1, 0.15) is 39.7 Å². The second kappa shape index (κ2) is 8.31. The topological polar surface area (TPSA) is 84.5 Å². The van der Waals surface area contributed by atoms with Gasteiger partial charge in [0.1, 0.15) is 5.75 Å². The molecule has 0 bridgehead atoms. The minimum atomic E-state index is -3.77. The Hall–Kier alpha value is -1.60. The average molecular weight is 342 g/mol. The summed E-state index contributed by atoms with van der Waals surface area (Å²) in [5.41, 5.74) is 0.728. The highest BCUT2D eigenvalue weighted by molar-refractivity contribution is 7.89. The monoisotopic (exact) mass is 342 g/mol. The van der Waals surface area contributed by atoms with Crippen molar-refractivity contribution in [3.63, 3.8) is 0 Å². The first-order valence-corrected chi connectivity index (χ1v) is 9.25. The maximum atomic E-state index is 12.4. The quantitative estimate of drug-likeness (QED) is 0.756. The largest absolute Gasteiger partial charge is 0.494 e. The van der Waals surface area contributed by atoms with E-state index < -0.39 is 16.1 Å². The van der Waals surface area contributed by atoms with Gasteiger partial charge in [0.05, 0.1) is 17.5 Å². The van der Waals surface area contributed by atoms with Crippen LogP contribution in [0.15, 0.2) is 23.1 Å². The second-order valence-electron chi connectivity index (χ2n) is 5.52. The number of ether oxygens (including phenoxy) is 1. The van der Waals surface area contributed by atoms with Crippen LogP contribution in [0, 0.1) is 6.92 Å². The Morgan fingerprint density at radius 3 is 2.43 bits per heavy atom. The summed E-state index contributed by atoms with van der Waals surface area (Å²) in [5.74, 6) is 0.305. The summed E-state index contributed by atoms with van der Waals surface area (Å²) in [7, 11) is -3.77. The number of carbonyl (C=O) groups excluding carboxylic acids is 1. The molecule has 1 rings (SSSR count). The van der Waals surface area contributed by atoms with Gasteiger partial charge in [-0.3, -0.25) is 4.79 Å². The van der Waals surface area contributed by atoms with Gasteiger partial charge in [-0.2, -0.15) is 4.72 Å². The third-order valence-electron chi connectivity index (χ3n) is 3.48. The van der Waals surface area contributed by atoms with E-state index in [-0.39, 0.29) is 16.8 Å². The number of benzene rings is 1. The molecule has 6 nitrogen and oxygen atoms in total. The Kier molecular flexibility index (Phi) is 7.02. The van der Waals surface area contributed by atoms with Crippen molar-refractivity contribution in [1.82, 2.24) is 10.0 Å². The van der Waals surface area contributed by atoms with Crippen LogP contribution in [-0.2, 0) is 14.8 Å². The second-order valence-corrected chi connectivity index (χ2v) is 7.24. The summed E-state index contributed by atoms with van der Waals surface area (Å²) < 4.78 is 32.6. The Morgan fingerprint density at radius 2 is 1.91 bits per heavy atom. The molecule has 0 fully saturated rings. The molecule has 0 radical (unpaired) electrons. The van der Waals surface area contributed by atoms with E-state index in [4.69, 9.17) is 4.74 Å². The average Bonchev–Trinajstić information content (AvgIpc) is 2.48. The van der Waals surface area contributed by atoms with E-state index in [1.54, 1.807) is 13.0 Å². The van der Waals surface area contributed by atoms with Crippen LogP contribution in [0.25, 0.3) is 0 Å². The maximum absolute atomic E-state index is 12.4. The molecular weight excluding hydrogens is 316 g/mol. The van der Waals surface area contributed by atoms with Crippen molar-refractivity contribution in [3.05, 3.63) is 23.8 Å². The number of amides is 1. The number of aryl methyl sites for hydroxylation is 1. The van der Waals surface area contributed by atoms with Crippen LogP contribution in [0.5, 0.6) is 5.75 Å². The van der Waals surface area contributed by atoms with Crippen LogP contribution in [0.2, 0.25) is 0 Å². The Labute approximate surface area is 138 Å². The number of hydrogen-bond donors (Lipinski definition) is 2. The number of hydrogen-bond acceptors (Lipinski definition) is 4. The molecule has 0 aromatic heterocycles. The molecule has 1 aromatic carbocycles. The van der Waals surface area contributed by atoms with Gasteiger partial charge in [-0.15, -0.1) is 0 Å². The van der Waals surface area contributed by atoms with Gasteiger partial charge >= 0.3 is 0 Å². The fourth-order valence-corrected chi connectivity index (χ4v) is 3.22. The molecule has 2 atom stereocenters. The highest BCUT2D eigenvalue weighted by Gasteiger charge is 2.23. The van der Waals surface area contributed by atoms with Crippen molar-refractivity contribution in [2.24, 2.45) is 0 Å². The van der Waals surface area contributed by atoms with E-state index in [1.165, 1.54) is 19.1 Å². The molecule has 0 aliphatic heterocycles. The molecular formula is C16H26N2O4S. The lowest BCUT2D eigenvalue weighted by atomic mass is 10.2. The van der Waals surface area contributed by atoms with Crippen molar-refractivity contribution < 1.29 is 17.9 Å². The zero-order valence-corrected chi connectivity index (χ0v) is 15.2. The molecule has 0 spiro atoms. The zero-order valence-electron chi connectivity index (χ0n) is 14.3. The molecule has 7 heteroatoms. The molecule has 23 heavy (non-hydrogen) atoms. The summed E-state index contributed by atoms with van der Waals surface area (Å²) >= 11 is 0. The molecule has 0 saturated heterocycles. The van der Waals surface area contributed by atoms with Gasteiger partial charge in [0.15, 0.2) is 0 Å².